The third kappa shape index (κ3) is 4.60. The first-order valence-corrected chi connectivity index (χ1v) is 7.96. The molecule has 0 saturated heterocycles. The summed E-state index contributed by atoms with van der Waals surface area (Å²) in [6.07, 6.45) is 3.49. The monoisotopic (exact) mass is 311 g/mol. The Morgan fingerprint density at radius 3 is 2.43 bits per heavy atom. The molecule has 0 saturated carbocycles. The van der Waals surface area contributed by atoms with Gasteiger partial charge in [0.2, 0.25) is 0 Å². The fraction of sp³-hybridized carbons (Fsp3) is 0.625. The molecule has 1 aromatic heterocycles. The average molecular weight is 312 g/mol. The summed E-state index contributed by atoms with van der Waals surface area (Å²) < 4.78 is 0. The first-order valence-electron chi connectivity index (χ1n) is 7.58. The third-order valence-corrected chi connectivity index (χ3v) is 3.82. The minimum atomic E-state index is 0.00875. The Bertz CT molecular complexity index is 473. The van der Waals surface area contributed by atoms with Crippen molar-refractivity contribution in [2.45, 2.75) is 46.6 Å². The first-order chi connectivity index (χ1) is 9.94. The molecular weight excluding hydrogens is 286 g/mol. The van der Waals surface area contributed by atoms with Gasteiger partial charge in [-0.15, -0.1) is 0 Å². The van der Waals surface area contributed by atoms with Crippen molar-refractivity contribution in [3.8, 4) is 0 Å². The lowest BCUT2D eigenvalue weighted by Gasteiger charge is -2.32. The van der Waals surface area contributed by atoms with Crippen molar-refractivity contribution < 1.29 is 4.79 Å². The maximum Gasteiger partial charge on any atom is 0.255 e. The van der Waals surface area contributed by atoms with Crippen LogP contribution in [-0.2, 0) is 0 Å². The summed E-state index contributed by atoms with van der Waals surface area (Å²) in [5, 5.41) is 3.37. The van der Waals surface area contributed by atoms with E-state index in [9.17, 15) is 4.79 Å². The minimum absolute atomic E-state index is 0.00875. The highest BCUT2D eigenvalue weighted by Crippen LogP contribution is 2.22. The zero-order valence-corrected chi connectivity index (χ0v) is 14.4. The van der Waals surface area contributed by atoms with E-state index < -0.39 is 0 Å². The molecule has 1 heterocycles. The number of carbonyl (C=O) groups is 1. The molecule has 5 heteroatoms. The second kappa shape index (κ2) is 8.23. The van der Waals surface area contributed by atoms with Crippen molar-refractivity contribution in [1.82, 2.24) is 9.88 Å². The van der Waals surface area contributed by atoms with Gasteiger partial charge in [0.25, 0.3) is 5.91 Å². The summed E-state index contributed by atoms with van der Waals surface area (Å²) in [5.74, 6) is 1.02. The van der Waals surface area contributed by atoms with Crippen molar-refractivity contribution in [3.05, 3.63) is 22.8 Å². The molecule has 21 heavy (non-hydrogen) atoms. The van der Waals surface area contributed by atoms with E-state index in [2.05, 4.69) is 38.0 Å². The molecule has 1 amide bonds. The van der Waals surface area contributed by atoms with Crippen LogP contribution >= 0.6 is 11.6 Å². The predicted molar refractivity (Wildman–Crippen MR) is 89.0 cm³/mol. The molecule has 0 unspecified atom stereocenters. The number of carbonyl (C=O) groups excluding carboxylic acids is 1. The predicted octanol–water partition coefficient (Wildman–Crippen LogP) is 4.06. The van der Waals surface area contributed by atoms with Gasteiger partial charge in [0.15, 0.2) is 0 Å². The summed E-state index contributed by atoms with van der Waals surface area (Å²) >= 11 is 6.14. The molecule has 0 bridgehead atoms. The molecule has 0 aliphatic carbocycles. The minimum Gasteiger partial charge on any atom is -0.372 e. The number of rotatable bonds is 7. The number of pyridine rings is 1. The number of anilines is 1. The van der Waals surface area contributed by atoms with Crippen LogP contribution in [0.2, 0.25) is 5.02 Å². The van der Waals surface area contributed by atoms with Gasteiger partial charge >= 0.3 is 0 Å². The standard InChI is InChI=1S/C16H26ClN3O/c1-6-13(7-2)20(10-11(3)4)16(21)12-8-14(17)15(18-5)19-9-12/h8-9,11,13H,6-7,10H2,1-5H3,(H,18,19). The lowest BCUT2D eigenvalue weighted by molar-refractivity contribution is 0.0640. The zero-order valence-electron chi connectivity index (χ0n) is 13.6. The van der Waals surface area contributed by atoms with E-state index in [1.54, 1.807) is 19.3 Å². The van der Waals surface area contributed by atoms with E-state index in [0.717, 1.165) is 19.4 Å². The number of aromatic nitrogens is 1. The maximum atomic E-state index is 12.8. The van der Waals surface area contributed by atoms with E-state index in [1.165, 1.54) is 0 Å². The average Bonchev–Trinajstić information content (AvgIpc) is 2.46. The van der Waals surface area contributed by atoms with Gasteiger partial charge in [-0.3, -0.25) is 4.79 Å². The largest absolute Gasteiger partial charge is 0.372 e. The molecular formula is C16H26ClN3O. The van der Waals surface area contributed by atoms with Crippen molar-refractivity contribution in [2.75, 3.05) is 18.9 Å². The van der Waals surface area contributed by atoms with Gasteiger partial charge in [-0.25, -0.2) is 4.98 Å². The number of hydrogen-bond acceptors (Lipinski definition) is 3. The summed E-state index contributed by atoms with van der Waals surface area (Å²) in [6.45, 7) is 9.22. The fourth-order valence-electron chi connectivity index (χ4n) is 2.43. The van der Waals surface area contributed by atoms with Crippen LogP contribution in [0.5, 0.6) is 0 Å². The molecule has 1 aromatic rings. The molecule has 0 fully saturated rings. The number of nitrogens with one attached hydrogen (secondary N) is 1. The highest BCUT2D eigenvalue weighted by Gasteiger charge is 2.24. The summed E-state index contributed by atoms with van der Waals surface area (Å²) in [7, 11) is 1.75. The Labute approximate surface area is 132 Å². The third-order valence-electron chi connectivity index (χ3n) is 3.53. The lowest BCUT2D eigenvalue weighted by atomic mass is 10.1. The Hall–Kier alpha value is -1.29. The first kappa shape index (κ1) is 17.8. The van der Waals surface area contributed by atoms with Gasteiger partial charge < -0.3 is 10.2 Å². The topological polar surface area (TPSA) is 45.2 Å². The highest BCUT2D eigenvalue weighted by atomic mass is 35.5. The molecule has 0 aromatic carbocycles. The van der Waals surface area contributed by atoms with Crippen LogP contribution in [0.15, 0.2) is 12.3 Å². The summed E-state index contributed by atoms with van der Waals surface area (Å²) in [5.41, 5.74) is 0.548. The quantitative estimate of drug-likeness (QED) is 0.825. The van der Waals surface area contributed by atoms with Crippen LogP contribution < -0.4 is 5.32 Å². The Morgan fingerprint density at radius 2 is 2.00 bits per heavy atom. The molecule has 0 radical (unpaired) electrons. The van der Waals surface area contributed by atoms with Crippen molar-refractivity contribution in [1.29, 1.82) is 0 Å². The van der Waals surface area contributed by atoms with E-state index in [4.69, 9.17) is 11.6 Å². The van der Waals surface area contributed by atoms with Gasteiger partial charge in [-0.2, -0.15) is 0 Å². The molecule has 4 nitrogen and oxygen atoms in total. The van der Waals surface area contributed by atoms with Crippen LogP contribution in [0, 0.1) is 5.92 Å². The molecule has 1 N–H and O–H groups in total. The van der Waals surface area contributed by atoms with Gasteiger partial charge in [0, 0.05) is 25.8 Å². The van der Waals surface area contributed by atoms with Crippen LogP contribution in [-0.4, -0.2) is 35.4 Å². The van der Waals surface area contributed by atoms with E-state index in [-0.39, 0.29) is 11.9 Å². The number of amides is 1. The van der Waals surface area contributed by atoms with Crippen LogP contribution in [0.4, 0.5) is 5.82 Å². The zero-order chi connectivity index (χ0) is 16.0. The van der Waals surface area contributed by atoms with Crippen LogP contribution in [0.25, 0.3) is 0 Å². The molecule has 0 spiro atoms. The number of hydrogen-bond donors (Lipinski definition) is 1. The maximum absolute atomic E-state index is 12.8. The second-order valence-corrected chi connectivity index (χ2v) is 6.03. The summed E-state index contributed by atoms with van der Waals surface area (Å²) in [6, 6.07) is 1.95. The molecule has 1 rings (SSSR count). The van der Waals surface area contributed by atoms with E-state index in [0.29, 0.717) is 22.3 Å². The van der Waals surface area contributed by atoms with E-state index in [1.807, 2.05) is 4.90 Å². The van der Waals surface area contributed by atoms with E-state index >= 15 is 0 Å². The van der Waals surface area contributed by atoms with Gasteiger partial charge in [-0.05, 0) is 24.8 Å². The Morgan fingerprint density at radius 1 is 1.38 bits per heavy atom. The normalized spacial score (nSPS) is 11.0. The van der Waals surface area contributed by atoms with Crippen LogP contribution in [0.3, 0.4) is 0 Å². The SMILES string of the molecule is CCC(CC)N(CC(C)C)C(=O)c1cnc(NC)c(Cl)c1. The molecule has 0 atom stereocenters. The fourth-order valence-corrected chi connectivity index (χ4v) is 2.69. The number of halogens is 1. The van der Waals surface area contributed by atoms with Gasteiger partial charge in [0.1, 0.15) is 5.82 Å². The highest BCUT2D eigenvalue weighted by molar-refractivity contribution is 6.33. The Balaban J connectivity index is 3.06. The van der Waals surface area contributed by atoms with Crippen molar-refractivity contribution in [3.63, 3.8) is 0 Å². The lowest BCUT2D eigenvalue weighted by Crippen LogP contribution is -2.42. The van der Waals surface area contributed by atoms with Crippen LogP contribution in [0.1, 0.15) is 50.9 Å². The molecule has 0 aliphatic rings. The summed E-state index contributed by atoms with van der Waals surface area (Å²) in [4.78, 5) is 19.0. The van der Waals surface area contributed by atoms with Crippen molar-refractivity contribution in [2.24, 2.45) is 5.92 Å². The smallest absolute Gasteiger partial charge is 0.255 e. The van der Waals surface area contributed by atoms with Gasteiger partial charge in [-0.1, -0.05) is 39.3 Å². The molecule has 118 valence electrons. The van der Waals surface area contributed by atoms with Gasteiger partial charge in [0.05, 0.1) is 10.6 Å². The Kier molecular flexibility index (Phi) is 6.96. The molecule has 0 aliphatic heterocycles. The number of nitrogens with zero attached hydrogens (tertiary/aromatic N) is 2. The second-order valence-electron chi connectivity index (χ2n) is 5.63. The van der Waals surface area contributed by atoms with Crippen molar-refractivity contribution >= 4 is 23.3 Å².